The van der Waals surface area contributed by atoms with Crippen molar-refractivity contribution in [1.29, 1.82) is 0 Å². The molecule has 2 heterocycles. The minimum absolute atomic E-state index is 0.422. The van der Waals surface area contributed by atoms with Crippen LogP contribution >= 0.6 is 0 Å². The first-order chi connectivity index (χ1) is 8.79. The Morgan fingerprint density at radius 3 is 2.83 bits per heavy atom. The summed E-state index contributed by atoms with van der Waals surface area (Å²) >= 11 is 0. The monoisotopic (exact) mass is 252 g/mol. The maximum atomic E-state index is 5.80. The van der Waals surface area contributed by atoms with Gasteiger partial charge < -0.3 is 14.9 Å². The summed E-state index contributed by atoms with van der Waals surface area (Å²) in [5.74, 6) is 1.09. The van der Waals surface area contributed by atoms with E-state index in [9.17, 15) is 0 Å². The molecule has 1 aliphatic heterocycles. The van der Waals surface area contributed by atoms with E-state index in [1.807, 2.05) is 6.07 Å². The molecule has 0 amide bonds. The topological polar surface area (TPSA) is 51.6 Å². The van der Waals surface area contributed by atoms with Gasteiger partial charge in [0.1, 0.15) is 5.76 Å². The van der Waals surface area contributed by atoms with Crippen LogP contribution in [0.4, 0.5) is 0 Å². The third kappa shape index (κ3) is 3.83. The molecular formula is C14H24N2O2. The zero-order valence-corrected chi connectivity index (χ0v) is 11.2. The van der Waals surface area contributed by atoms with Gasteiger partial charge in [-0.2, -0.15) is 0 Å². The van der Waals surface area contributed by atoms with Crippen LogP contribution in [0.2, 0.25) is 0 Å². The highest BCUT2D eigenvalue weighted by atomic mass is 16.5. The highest BCUT2D eigenvalue weighted by Crippen LogP contribution is 2.18. The van der Waals surface area contributed by atoms with Crippen molar-refractivity contribution in [1.82, 2.24) is 4.90 Å². The van der Waals surface area contributed by atoms with Crippen LogP contribution in [0.25, 0.3) is 0 Å². The number of nitrogens with zero attached hydrogens (tertiary/aromatic N) is 1. The lowest BCUT2D eigenvalue weighted by Gasteiger charge is -2.31. The second kappa shape index (κ2) is 6.92. The first kappa shape index (κ1) is 13.6. The molecule has 0 bridgehead atoms. The van der Waals surface area contributed by atoms with Crippen LogP contribution in [0.3, 0.4) is 0 Å². The van der Waals surface area contributed by atoms with E-state index in [1.165, 1.54) is 5.56 Å². The third-order valence-electron chi connectivity index (χ3n) is 3.57. The molecule has 1 aromatic heterocycles. The summed E-state index contributed by atoms with van der Waals surface area (Å²) in [6, 6.07) is 2.03. The normalized spacial score (nSPS) is 18.3. The van der Waals surface area contributed by atoms with Gasteiger partial charge in [-0.1, -0.05) is 0 Å². The summed E-state index contributed by atoms with van der Waals surface area (Å²) in [5, 5.41) is 0. The fourth-order valence-electron chi connectivity index (χ4n) is 2.34. The van der Waals surface area contributed by atoms with Gasteiger partial charge >= 0.3 is 0 Å². The molecule has 1 saturated heterocycles. The summed E-state index contributed by atoms with van der Waals surface area (Å²) in [6.45, 7) is 6.73. The van der Waals surface area contributed by atoms with Gasteiger partial charge in [0.15, 0.2) is 0 Å². The molecule has 0 spiro atoms. The molecule has 4 nitrogen and oxygen atoms in total. The number of aryl methyl sites for hydroxylation is 1. The van der Waals surface area contributed by atoms with E-state index in [1.54, 1.807) is 6.26 Å². The van der Waals surface area contributed by atoms with Crippen LogP contribution in [0.5, 0.6) is 0 Å². The molecule has 1 fully saturated rings. The molecule has 0 saturated carbocycles. The summed E-state index contributed by atoms with van der Waals surface area (Å²) in [6.07, 6.45) is 5.39. The molecule has 0 unspecified atom stereocenters. The molecule has 2 N–H and O–H groups in total. The highest BCUT2D eigenvalue weighted by Gasteiger charge is 2.20. The van der Waals surface area contributed by atoms with E-state index in [4.69, 9.17) is 14.9 Å². The second-order valence-corrected chi connectivity index (χ2v) is 5.02. The van der Waals surface area contributed by atoms with Gasteiger partial charge in [0, 0.05) is 19.7 Å². The molecule has 4 heteroatoms. The maximum absolute atomic E-state index is 5.80. The van der Waals surface area contributed by atoms with Crippen LogP contribution < -0.4 is 5.73 Å². The van der Waals surface area contributed by atoms with Crippen molar-refractivity contribution >= 4 is 0 Å². The molecule has 0 atom stereocenters. The molecule has 0 aliphatic carbocycles. The quantitative estimate of drug-likeness (QED) is 0.786. The van der Waals surface area contributed by atoms with Crippen LogP contribution in [0, 0.1) is 6.92 Å². The number of ether oxygens (including phenoxy) is 1. The number of hydrogen-bond donors (Lipinski definition) is 1. The smallest absolute Gasteiger partial charge is 0.120 e. The van der Waals surface area contributed by atoms with Crippen LogP contribution in [-0.2, 0) is 11.3 Å². The summed E-state index contributed by atoms with van der Waals surface area (Å²) in [4.78, 5) is 2.44. The molecule has 1 aliphatic rings. The number of likely N-dealkylation sites (tertiary alicyclic amines) is 1. The summed E-state index contributed by atoms with van der Waals surface area (Å²) in [5.41, 5.74) is 6.70. The van der Waals surface area contributed by atoms with Gasteiger partial charge in [0.2, 0.25) is 0 Å². The molecule has 102 valence electrons. The average molecular weight is 252 g/mol. The van der Waals surface area contributed by atoms with E-state index in [0.29, 0.717) is 6.10 Å². The van der Waals surface area contributed by atoms with Crippen molar-refractivity contribution in [2.75, 3.05) is 26.2 Å². The first-order valence-electron chi connectivity index (χ1n) is 6.86. The minimum Gasteiger partial charge on any atom is -0.468 e. The molecule has 0 aromatic carbocycles. The van der Waals surface area contributed by atoms with E-state index >= 15 is 0 Å². The van der Waals surface area contributed by atoms with Crippen molar-refractivity contribution in [3.63, 3.8) is 0 Å². The summed E-state index contributed by atoms with van der Waals surface area (Å²) < 4.78 is 11.3. The van der Waals surface area contributed by atoms with E-state index in [-0.39, 0.29) is 0 Å². The Balaban J connectivity index is 1.69. The third-order valence-corrected chi connectivity index (χ3v) is 3.57. The Morgan fingerprint density at radius 1 is 1.44 bits per heavy atom. The number of rotatable bonds is 6. The van der Waals surface area contributed by atoms with Crippen molar-refractivity contribution < 1.29 is 9.15 Å². The Hall–Kier alpha value is -0.840. The van der Waals surface area contributed by atoms with Crippen molar-refractivity contribution in [3.8, 4) is 0 Å². The van der Waals surface area contributed by atoms with E-state index < -0.39 is 0 Å². The van der Waals surface area contributed by atoms with E-state index in [0.717, 1.165) is 57.8 Å². The largest absolute Gasteiger partial charge is 0.468 e. The van der Waals surface area contributed by atoms with Crippen molar-refractivity contribution in [3.05, 3.63) is 23.7 Å². The maximum Gasteiger partial charge on any atom is 0.120 e. The number of piperidine rings is 1. The van der Waals surface area contributed by atoms with Gasteiger partial charge in [-0.05, 0) is 44.4 Å². The van der Waals surface area contributed by atoms with Gasteiger partial charge in [-0.3, -0.25) is 4.90 Å². The molecule has 2 rings (SSSR count). The lowest BCUT2D eigenvalue weighted by atomic mass is 10.1. The Bertz CT molecular complexity index is 343. The lowest BCUT2D eigenvalue weighted by molar-refractivity contribution is 0.00441. The first-order valence-corrected chi connectivity index (χ1v) is 6.86. The zero-order chi connectivity index (χ0) is 12.8. The van der Waals surface area contributed by atoms with Crippen LogP contribution in [0.15, 0.2) is 16.7 Å². The number of furan rings is 1. The number of hydrogen-bond acceptors (Lipinski definition) is 4. The SMILES string of the molecule is Cc1ccoc1CN1CCC(OCCCN)CC1. The molecule has 1 aromatic rings. The van der Waals surface area contributed by atoms with Gasteiger partial charge in [0.05, 0.1) is 18.9 Å². The predicted molar refractivity (Wildman–Crippen MR) is 71.4 cm³/mol. The predicted octanol–water partition coefficient (Wildman–Crippen LogP) is 1.92. The Kier molecular flexibility index (Phi) is 5.23. The molecule has 18 heavy (non-hydrogen) atoms. The fourth-order valence-corrected chi connectivity index (χ4v) is 2.34. The summed E-state index contributed by atoms with van der Waals surface area (Å²) in [7, 11) is 0. The highest BCUT2D eigenvalue weighted by molar-refractivity contribution is 5.14. The van der Waals surface area contributed by atoms with Crippen molar-refractivity contribution in [2.45, 2.75) is 38.8 Å². The average Bonchev–Trinajstić information content (AvgIpc) is 2.78. The molecule has 0 radical (unpaired) electrons. The van der Waals surface area contributed by atoms with Gasteiger partial charge in [0.25, 0.3) is 0 Å². The van der Waals surface area contributed by atoms with Gasteiger partial charge in [-0.15, -0.1) is 0 Å². The van der Waals surface area contributed by atoms with Crippen LogP contribution in [0.1, 0.15) is 30.6 Å². The number of nitrogens with two attached hydrogens (primary N) is 1. The molecular weight excluding hydrogens is 228 g/mol. The second-order valence-electron chi connectivity index (χ2n) is 5.02. The van der Waals surface area contributed by atoms with Crippen molar-refractivity contribution in [2.24, 2.45) is 5.73 Å². The Labute approximate surface area is 109 Å². The Morgan fingerprint density at radius 2 is 2.22 bits per heavy atom. The minimum atomic E-state index is 0.422. The van der Waals surface area contributed by atoms with E-state index in [2.05, 4.69) is 11.8 Å². The fraction of sp³-hybridized carbons (Fsp3) is 0.714. The van der Waals surface area contributed by atoms with Crippen LogP contribution in [-0.4, -0.2) is 37.2 Å². The zero-order valence-electron chi connectivity index (χ0n) is 11.2. The standard InChI is InChI=1S/C14H24N2O2/c1-12-5-10-18-14(12)11-16-7-3-13(4-8-16)17-9-2-6-15/h5,10,13H,2-4,6-9,11,15H2,1H3. The lowest BCUT2D eigenvalue weighted by Crippen LogP contribution is -2.36. The van der Waals surface area contributed by atoms with Gasteiger partial charge in [-0.25, -0.2) is 0 Å².